The molecular weight excluding hydrogens is 444 g/mol. The summed E-state index contributed by atoms with van der Waals surface area (Å²) in [5, 5.41) is 18.1. The summed E-state index contributed by atoms with van der Waals surface area (Å²) in [6.45, 7) is 2.30. The highest BCUT2D eigenvalue weighted by Crippen LogP contribution is 2.35. The first kappa shape index (κ1) is 22.5. The quantitative estimate of drug-likeness (QED) is 0.346. The summed E-state index contributed by atoms with van der Waals surface area (Å²) in [6, 6.07) is 10.1. The van der Waals surface area contributed by atoms with Gasteiger partial charge in [-0.3, -0.25) is 0 Å². The molecule has 1 heterocycles. The van der Waals surface area contributed by atoms with E-state index >= 15 is 0 Å². The van der Waals surface area contributed by atoms with Crippen LogP contribution in [0.25, 0.3) is 17.5 Å². The highest BCUT2D eigenvalue weighted by atomic mass is 35.5. The number of halogens is 1. The maximum atomic E-state index is 11.8. The molecule has 2 aromatic carbocycles. The van der Waals surface area contributed by atoms with Crippen molar-refractivity contribution >= 4 is 35.4 Å². The second-order valence-electron chi connectivity index (χ2n) is 5.98. The lowest BCUT2D eigenvalue weighted by atomic mass is 10.2. The Bertz CT molecular complexity index is 1110. The molecule has 0 spiro atoms. The fourth-order valence-corrected chi connectivity index (χ4v) is 3.48. The van der Waals surface area contributed by atoms with Crippen molar-refractivity contribution in [3.05, 3.63) is 51.9 Å². The summed E-state index contributed by atoms with van der Waals surface area (Å²) < 4.78 is 21.7. The highest BCUT2D eigenvalue weighted by molar-refractivity contribution is 8.03. The van der Waals surface area contributed by atoms with E-state index in [0.717, 1.165) is 11.8 Å². The van der Waals surface area contributed by atoms with Gasteiger partial charge in [-0.1, -0.05) is 17.7 Å². The Morgan fingerprint density at radius 2 is 1.87 bits per heavy atom. The number of benzene rings is 2. The molecular formula is C21H19ClN2O6S. The van der Waals surface area contributed by atoms with Crippen LogP contribution in [0.15, 0.2) is 50.9 Å². The second kappa shape index (κ2) is 10.2. The highest BCUT2D eigenvalue weighted by Gasteiger charge is 2.18. The zero-order valence-corrected chi connectivity index (χ0v) is 18.5. The largest absolute Gasteiger partial charge is 0.496 e. The Morgan fingerprint density at radius 3 is 2.55 bits per heavy atom. The molecule has 0 fully saturated rings. The van der Waals surface area contributed by atoms with E-state index in [9.17, 15) is 9.90 Å². The number of carboxylic acid groups (broad SMARTS) is 1. The van der Waals surface area contributed by atoms with Gasteiger partial charge >= 0.3 is 5.97 Å². The number of carboxylic acids is 1. The molecule has 1 N–H and O–H groups in total. The average Bonchev–Trinajstić information content (AvgIpc) is 3.22. The first-order valence-electron chi connectivity index (χ1n) is 9.06. The summed E-state index contributed by atoms with van der Waals surface area (Å²) in [5.74, 6) is 0.593. The van der Waals surface area contributed by atoms with Crippen molar-refractivity contribution in [3.8, 4) is 28.7 Å². The molecule has 0 unspecified atom stereocenters. The van der Waals surface area contributed by atoms with E-state index < -0.39 is 5.97 Å². The van der Waals surface area contributed by atoms with Crippen molar-refractivity contribution in [1.82, 2.24) is 10.2 Å². The van der Waals surface area contributed by atoms with Crippen molar-refractivity contribution < 1.29 is 28.5 Å². The molecule has 162 valence electrons. The van der Waals surface area contributed by atoms with Crippen LogP contribution in [0.1, 0.15) is 12.5 Å². The predicted molar refractivity (Wildman–Crippen MR) is 117 cm³/mol. The summed E-state index contributed by atoms with van der Waals surface area (Å²) >= 11 is 6.88. The van der Waals surface area contributed by atoms with E-state index in [-0.39, 0.29) is 16.0 Å². The van der Waals surface area contributed by atoms with Crippen LogP contribution in [0.3, 0.4) is 0 Å². The van der Waals surface area contributed by atoms with Gasteiger partial charge < -0.3 is 23.7 Å². The molecule has 8 nitrogen and oxygen atoms in total. The number of thioether (sulfide) groups is 1. The zero-order chi connectivity index (χ0) is 22.4. The number of hydrogen-bond donors (Lipinski definition) is 1. The van der Waals surface area contributed by atoms with Gasteiger partial charge in [-0.25, -0.2) is 4.79 Å². The molecule has 3 rings (SSSR count). The molecule has 1 aromatic heterocycles. The van der Waals surface area contributed by atoms with Crippen LogP contribution in [0, 0.1) is 0 Å². The maximum Gasteiger partial charge on any atom is 0.342 e. The molecule has 0 atom stereocenters. The topological polar surface area (TPSA) is 104 Å². The van der Waals surface area contributed by atoms with Crippen LogP contribution in [-0.4, -0.2) is 42.1 Å². The smallest absolute Gasteiger partial charge is 0.342 e. The van der Waals surface area contributed by atoms with Crippen molar-refractivity contribution in [1.29, 1.82) is 0 Å². The van der Waals surface area contributed by atoms with Crippen LogP contribution in [0.4, 0.5) is 0 Å². The van der Waals surface area contributed by atoms with Gasteiger partial charge in [-0.2, -0.15) is 0 Å². The van der Waals surface area contributed by atoms with Crippen LogP contribution in [-0.2, 0) is 4.79 Å². The molecule has 31 heavy (non-hydrogen) atoms. The number of methoxy groups -OCH3 is 2. The lowest BCUT2D eigenvalue weighted by Crippen LogP contribution is -1.98. The molecule has 0 amide bonds. The van der Waals surface area contributed by atoms with Crippen LogP contribution >= 0.6 is 23.4 Å². The van der Waals surface area contributed by atoms with E-state index in [1.807, 2.05) is 6.92 Å². The van der Waals surface area contributed by atoms with Crippen LogP contribution in [0.2, 0.25) is 5.02 Å². The Labute approximate surface area is 187 Å². The van der Waals surface area contributed by atoms with Gasteiger partial charge in [-0.05, 0) is 60.7 Å². The molecule has 0 aliphatic rings. The SMILES string of the molecule is CCOc1cc(/C=C(\Sc2nnc(-c3cc(Cl)ccc3OC)o2)C(=O)O)ccc1OC. The number of hydrogen-bond acceptors (Lipinski definition) is 8. The van der Waals surface area contributed by atoms with Crippen LogP contribution in [0.5, 0.6) is 17.2 Å². The van der Waals surface area contributed by atoms with Gasteiger partial charge in [0.25, 0.3) is 11.1 Å². The van der Waals surface area contributed by atoms with Crippen molar-refractivity contribution in [3.63, 3.8) is 0 Å². The average molecular weight is 463 g/mol. The number of nitrogens with zero attached hydrogens (tertiary/aromatic N) is 2. The third kappa shape index (κ3) is 5.50. The van der Waals surface area contributed by atoms with Gasteiger partial charge in [0.15, 0.2) is 11.5 Å². The molecule has 0 radical (unpaired) electrons. The first-order valence-corrected chi connectivity index (χ1v) is 10.3. The zero-order valence-electron chi connectivity index (χ0n) is 16.9. The fourth-order valence-electron chi connectivity index (χ4n) is 2.64. The minimum atomic E-state index is -1.14. The van der Waals surface area contributed by atoms with E-state index in [1.165, 1.54) is 20.3 Å². The summed E-state index contributed by atoms with van der Waals surface area (Å²) in [5.41, 5.74) is 1.12. The number of aliphatic carboxylic acids is 1. The minimum Gasteiger partial charge on any atom is -0.496 e. The van der Waals surface area contributed by atoms with E-state index in [1.54, 1.807) is 36.4 Å². The Hall–Kier alpha value is -3.17. The van der Waals surface area contributed by atoms with Gasteiger partial charge in [0, 0.05) is 5.02 Å². The van der Waals surface area contributed by atoms with Gasteiger partial charge in [0.2, 0.25) is 0 Å². The Morgan fingerprint density at radius 1 is 1.13 bits per heavy atom. The molecule has 0 bridgehead atoms. The normalized spacial score (nSPS) is 11.3. The third-order valence-corrected chi connectivity index (χ3v) is 5.08. The lowest BCUT2D eigenvalue weighted by molar-refractivity contribution is -0.131. The number of ether oxygens (including phenoxy) is 3. The summed E-state index contributed by atoms with van der Waals surface area (Å²) in [7, 11) is 3.05. The van der Waals surface area contributed by atoms with E-state index in [4.69, 9.17) is 30.2 Å². The number of rotatable bonds is 9. The van der Waals surface area contributed by atoms with Gasteiger partial charge in [-0.15, -0.1) is 10.2 Å². The molecule has 0 aliphatic heterocycles. The molecule has 10 heteroatoms. The van der Waals surface area contributed by atoms with Gasteiger partial charge in [0.1, 0.15) is 10.7 Å². The second-order valence-corrected chi connectivity index (χ2v) is 7.41. The summed E-state index contributed by atoms with van der Waals surface area (Å²) in [6.07, 6.45) is 1.48. The van der Waals surface area contributed by atoms with E-state index in [0.29, 0.717) is 40.0 Å². The minimum absolute atomic E-state index is 0.0131. The predicted octanol–water partition coefficient (Wildman–Crippen LogP) is 5.02. The molecule has 3 aromatic rings. The van der Waals surface area contributed by atoms with Crippen molar-refractivity contribution in [2.75, 3.05) is 20.8 Å². The maximum absolute atomic E-state index is 11.8. The lowest BCUT2D eigenvalue weighted by Gasteiger charge is -2.10. The van der Waals surface area contributed by atoms with Crippen molar-refractivity contribution in [2.45, 2.75) is 12.1 Å². The molecule has 0 saturated carbocycles. The first-order chi connectivity index (χ1) is 14.9. The Balaban J connectivity index is 1.89. The van der Waals surface area contributed by atoms with Gasteiger partial charge in [0.05, 0.1) is 26.4 Å². The molecule has 0 aliphatic carbocycles. The number of aromatic nitrogens is 2. The monoisotopic (exact) mass is 462 g/mol. The molecule has 0 saturated heterocycles. The number of carbonyl (C=O) groups is 1. The van der Waals surface area contributed by atoms with E-state index in [2.05, 4.69) is 10.2 Å². The third-order valence-electron chi connectivity index (χ3n) is 3.99. The Kier molecular flexibility index (Phi) is 7.43. The summed E-state index contributed by atoms with van der Waals surface area (Å²) in [4.78, 5) is 11.8. The van der Waals surface area contributed by atoms with Crippen molar-refractivity contribution in [2.24, 2.45) is 0 Å². The fraction of sp³-hybridized carbons (Fsp3) is 0.190. The van der Waals surface area contributed by atoms with Crippen LogP contribution < -0.4 is 14.2 Å². The standard InChI is InChI=1S/C21H19ClN2O6S/c1-4-29-17-9-12(5-7-16(17)28-3)10-18(20(25)26)31-21-24-23-19(30-21)14-11-13(22)6-8-15(14)27-2/h5-11H,4H2,1-3H3,(H,25,26)/b18-10-.